The van der Waals surface area contributed by atoms with Crippen LogP contribution in [0.5, 0.6) is 11.5 Å². The van der Waals surface area contributed by atoms with Gasteiger partial charge in [-0.15, -0.1) is 0 Å². The molecular formula is C30H37FN2O4. The molecule has 7 heteroatoms. The quantitative estimate of drug-likeness (QED) is 0.611. The van der Waals surface area contributed by atoms with Crippen molar-refractivity contribution in [2.75, 3.05) is 26.2 Å². The summed E-state index contributed by atoms with van der Waals surface area (Å²) in [5.41, 5.74) is 1.52. The molecule has 37 heavy (non-hydrogen) atoms. The molecule has 5 fully saturated rings. The molecule has 8 rings (SSSR count). The largest absolute Gasteiger partial charge is 0.504 e. The number of phenolic OH excluding ortho intramolecular Hbond substituents is 1. The standard InChI is InChI=1S/C30H37FN2O4/c31-21-2-1-12-33(17-21)24(35)15-20-7-8-28(20)9-10-30(36)23-14-19-5-6-22(34)26-25(19)29(30,27(28)37-26)11-13-32(23)16-18-3-4-18/h5-6,15,18,21,23,27,34,36H,1-4,7-14,16-17H2/b20-15+/t21?,23-,27+,28+,29+,30-/m1/s1. The van der Waals surface area contributed by atoms with Gasteiger partial charge in [0.05, 0.1) is 17.6 Å². The molecule has 2 spiro atoms. The van der Waals surface area contributed by atoms with Gasteiger partial charge >= 0.3 is 0 Å². The van der Waals surface area contributed by atoms with Crippen molar-refractivity contribution in [1.82, 2.24) is 9.80 Å². The lowest BCUT2D eigenvalue weighted by atomic mass is 9.40. The molecule has 0 radical (unpaired) electrons. The van der Waals surface area contributed by atoms with Crippen molar-refractivity contribution < 1.29 is 24.1 Å². The Kier molecular flexibility index (Phi) is 4.63. The number of hydrogen-bond acceptors (Lipinski definition) is 5. The van der Waals surface area contributed by atoms with E-state index in [0.717, 1.165) is 62.2 Å². The Labute approximate surface area is 217 Å². The van der Waals surface area contributed by atoms with Crippen molar-refractivity contribution >= 4 is 5.91 Å². The van der Waals surface area contributed by atoms with Crippen LogP contribution in [0.15, 0.2) is 23.8 Å². The molecule has 2 bridgehead atoms. The molecule has 1 aromatic carbocycles. The zero-order valence-corrected chi connectivity index (χ0v) is 21.4. The molecule has 1 unspecified atom stereocenters. The number of hydrogen-bond donors (Lipinski definition) is 2. The average Bonchev–Trinajstić information content (AvgIpc) is 3.62. The summed E-state index contributed by atoms with van der Waals surface area (Å²) in [6.07, 6.45) is 9.16. The number of alkyl halides is 1. The first kappa shape index (κ1) is 22.8. The number of carbonyl (C=O) groups is 1. The highest BCUT2D eigenvalue weighted by molar-refractivity contribution is 5.89. The molecular weight excluding hydrogens is 471 g/mol. The fraction of sp³-hybridized carbons (Fsp3) is 0.700. The number of halogens is 1. The normalized spacial score (nSPS) is 42.9. The zero-order valence-electron chi connectivity index (χ0n) is 21.4. The Balaban J connectivity index is 1.21. The maximum absolute atomic E-state index is 14.0. The molecule has 4 aliphatic carbocycles. The minimum atomic E-state index is -0.941. The molecule has 2 N–H and O–H groups in total. The van der Waals surface area contributed by atoms with Crippen LogP contribution in [0.2, 0.25) is 0 Å². The van der Waals surface area contributed by atoms with Crippen LogP contribution < -0.4 is 4.74 Å². The summed E-state index contributed by atoms with van der Waals surface area (Å²) < 4.78 is 20.8. The van der Waals surface area contributed by atoms with Gasteiger partial charge in [0, 0.05) is 36.2 Å². The van der Waals surface area contributed by atoms with Gasteiger partial charge in [-0.3, -0.25) is 9.69 Å². The van der Waals surface area contributed by atoms with Crippen molar-refractivity contribution in [3.8, 4) is 11.5 Å². The van der Waals surface area contributed by atoms with Gasteiger partial charge in [-0.25, -0.2) is 4.39 Å². The van der Waals surface area contributed by atoms with Crippen molar-refractivity contribution in [2.45, 2.75) is 93.5 Å². The third-order valence-electron chi connectivity index (χ3n) is 11.4. The Hall–Kier alpha value is -2.12. The number of nitrogens with zero attached hydrogens (tertiary/aromatic N) is 2. The summed E-state index contributed by atoms with van der Waals surface area (Å²) in [5, 5.41) is 23.6. The lowest BCUT2D eigenvalue weighted by molar-refractivity contribution is -0.218. The minimum absolute atomic E-state index is 0.0530. The number of likely N-dealkylation sites (tertiary alicyclic amines) is 2. The van der Waals surface area contributed by atoms with Crippen molar-refractivity contribution in [1.29, 1.82) is 0 Å². The highest BCUT2D eigenvalue weighted by Crippen LogP contribution is 2.72. The van der Waals surface area contributed by atoms with E-state index < -0.39 is 17.2 Å². The van der Waals surface area contributed by atoms with Crippen molar-refractivity contribution in [2.24, 2.45) is 11.3 Å². The second-order valence-corrected chi connectivity index (χ2v) is 13.1. The van der Waals surface area contributed by atoms with E-state index in [9.17, 15) is 19.4 Å². The van der Waals surface area contributed by atoms with Gasteiger partial charge in [-0.05, 0) is 88.3 Å². The molecule has 3 saturated carbocycles. The van der Waals surface area contributed by atoms with Crippen LogP contribution in [0.25, 0.3) is 0 Å². The molecule has 6 atom stereocenters. The number of piperidine rings is 2. The SMILES string of the molecule is O=C(/C=C1\CC[C@]12CC[C@@]1(O)[C@H]3Cc4ccc(O)c5c4[C@@]1(CCN3CC1CC1)[C@H]2O5)N1CCCC(F)C1. The summed E-state index contributed by atoms with van der Waals surface area (Å²) in [6, 6.07) is 3.85. The number of ether oxygens (including phenoxy) is 1. The first-order chi connectivity index (χ1) is 17.9. The van der Waals surface area contributed by atoms with E-state index >= 15 is 0 Å². The van der Waals surface area contributed by atoms with E-state index in [0.29, 0.717) is 31.6 Å². The number of fused-ring (bicyclic) bond motifs is 1. The number of phenols is 1. The van der Waals surface area contributed by atoms with Gasteiger partial charge in [-0.1, -0.05) is 11.6 Å². The highest BCUT2D eigenvalue weighted by Gasteiger charge is 2.77. The maximum atomic E-state index is 14.0. The smallest absolute Gasteiger partial charge is 0.246 e. The van der Waals surface area contributed by atoms with Crippen LogP contribution in [0, 0.1) is 11.3 Å². The second-order valence-electron chi connectivity index (χ2n) is 13.1. The molecule has 0 aromatic heterocycles. The van der Waals surface area contributed by atoms with Gasteiger partial charge in [0.25, 0.3) is 0 Å². The number of benzene rings is 1. The van der Waals surface area contributed by atoms with E-state index in [4.69, 9.17) is 4.74 Å². The molecule has 3 heterocycles. The van der Waals surface area contributed by atoms with Crippen LogP contribution in [-0.2, 0) is 16.6 Å². The summed E-state index contributed by atoms with van der Waals surface area (Å²) in [6.45, 7) is 2.78. The minimum Gasteiger partial charge on any atom is -0.504 e. The van der Waals surface area contributed by atoms with Crippen LogP contribution in [0.1, 0.15) is 68.9 Å². The van der Waals surface area contributed by atoms with Crippen LogP contribution >= 0.6 is 0 Å². The van der Waals surface area contributed by atoms with Crippen LogP contribution in [0.3, 0.4) is 0 Å². The molecule has 7 aliphatic rings. The average molecular weight is 509 g/mol. The fourth-order valence-electron chi connectivity index (χ4n) is 9.36. The van der Waals surface area contributed by atoms with Gasteiger partial charge in [0.15, 0.2) is 11.5 Å². The Morgan fingerprint density at radius 3 is 2.78 bits per heavy atom. The van der Waals surface area contributed by atoms with E-state index in [1.54, 1.807) is 17.0 Å². The second kappa shape index (κ2) is 7.50. The van der Waals surface area contributed by atoms with Crippen LogP contribution in [-0.4, -0.2) is 76.0 Å². The zero-order chi connectivity index (χ0) is 25.2. The highest BCUT2D eigenvalue weighted by atomic mass is 19.1. The van der Waals surface area contributed by atoms with Crippen molar-refractivity contribution in [3.05, 3.63) is 34.9 Å². The lowest BCUT2D eigenvalue weighted by Gasteiger charge is -2.68. The maximum Gasteiger partial charge on any atom is 0.246 e. The summed E-state index contributed by atoms with van der Waals surface area (Å²) >= 11 is 0. The van der Waals surface area contributed by atoms with Gasteiger partial charge in [0.2, 0.25) is 5.91 Å². The van der Waals surface area contributed by atoms with E-state index in [-0.39, 0.29) is 35.8 Å². The number of aliphatic hydroxyl groups is 1. The summed E-state index contributed by atoms with van der Waals surface area (Å²) in [4.78, 5) is 17.5. The van der Waals surface area contributed by atoms with Crippen molar-refractivity contribution in [3.63, 3.8) is 0 Å². The van der Waals surface area contributed by atoms with E-state index in [1.165, 1.54) is 18.4 Å². The first-order valence-electron chi connectivity index (χ1n) is 14.5. The molecule has 1 aromatic rings. The predicted molar refractivity (Wildman–Crippen MR) is 135 cm³/mol. The third kappa shape index (κ3) is 2.85. The fourth-order valence-corrected chi connectivity index (χ4v) is 9.36. The number of rotatable bonds is 3. The molecule has 6 nitrogen and oxygen atoms in total. The number of carbonyl (C=O) groups excluding carboxylic acids is 1. The van der Waals surface area contributed by atoms with E-state index in [1.807, 2.05) is 6.07 Å². The Morgan fingerprint density at radius 2 is 2.03 bits per heavy atom. The Morgan fingerprint density at radius 1 is 1.16 bits per heavy atom. The van der Waals surface area contributed by atoms with Gasteiger partial charge in [-0.2, -0.15) is 0 Å². The lowest BCUT2D eigenvalue weighted by Crippen LogP contribution is -2.78. The molecule has 1 amide bonds. The van der Waals surface area contributed by atoms with E-state index in [2.05, 4.69) is 4.90 Å². The number of aromatic hydroxyl groups is 1. The molecule has 2 saturated heterocycles. The monoisotopic (exact) mass is 508 g/mol. The summed E-state index contributed by atoms with van der Waals surface area (Å²) in [7, 11) is 0. The Bertz CT molecular complexity index is 1210. The summed E-state index contributed by atoms with van der Waals surface area (Å²) in [5.74, 6) is 1.38. The molecule has 198 valence electrons. The molecule has 3 aliphatic heterocycles. The van der Waals surface area contributed by atoms with Gasteiger partial charge in [0.1, 0.15) is 12.3 Å². The topological polar surface area (TPSA) is 73.2 Å². The number of amides is 1. The van der Waals surface area contributed by atoms with Gasteiger partial charge < -0.3 is 19.8 Å². The predicted octanol–water partition coefficient (Wildman–Crippen LogP) is 3.62. The third-order valence-corrected chi connectivity index (χ3v) is 11.4. The first-order valence-corrected chi connectivity index (χ1v) is 14.5. The van der Waals surface area contributed by atoms with Crippen LogP contribution in [0.4, 0.5) is 4.39 Å².